The summed E-state index contributed by atoms with van der Waals surface area (Å²) in [6.45, 7) is 5.26. The van der Waals surface area contributed by atoms with Crippen LogP contribution < -0.4 is 0 Å². The van der Waals surface area contributed by atoms with Crippen molar-refractivity contribution in [1.29, 1.82) is 0 Å². The van der Waals surface area contributed by atoms with Crippen LogP contribution in [0.3, 0.4) is 0 Å². The zero-order chi connectivity index (χ0) is 27.1. The maximum Gasteiger partial charge on any atom is 0.254 e. The molecular formula is C29H30FN5O3S. The van der Waals surface area contributed by atoms with Crippen LogP contribution in [0.25, 0.3) is 22.3 Å². The molecule has 6 rings (SSSR count). The van der Waals surface area contributed by atoms with Gasteiger partial charge in [0, 0.05) is 38.3 Å². The fourth-order valence-electron chi connectivity index (χ4n) is 5.63. The molecule has 1 amide bonds. The predicted octanol–water partition coefficient (Wildman–Crippen LogP) is 3.86. The van der Waals surface area contributed by atoms with Crippen LogP contribution in [-0.2, 0) is 16.4 Å². The first-order chi connectivity index (χ1) is 18.8. The van der Waals surface area contributed by atoms with E-state index in [4.69, 9.17) is 4.98 Å². The number of pyridine rings is 1. The second-order valence-corrected chi connectivity index (χ2v) is 12.6. The topological polar surface area (TPSA) is 88.4 Å². The number of fused-ring (bicyclic) bond motifs is 1. The zero-order valence-corrected chi connectivity index (χ0v) is 22.6. The molecule has 2 aromatic heterocycles. The Morgan fingerprint density at radius 2 is 1.74 bits per heavy atom. The lowest BCUT2D eigenvalue weighted by Gasteiger charge is -2.35. The first kappa shape index (κ1) is 25.6. The van der Waals surface area contributed by atoms with Crippen molar-refractivity contribution in [3.63, 3.8) is 0 Å². The maximum absolute atomic E-state index is 14.9. The number of amides is 1. The van der Waals surface area contributed by atoms with Crippen LogP contribution in [0.2, 0.25) is 0 Å². The number of nitrogens with zero attached hydrogens (tertiary/aromatic N) is 5. The van der Waals surface area contributed by atoms with Gasteiger partial charge in [-0.05, 0) is 37.1 Å². The lowest BCUT2D eigenvalue weighted by Crippen LogP contribution is -2.48. The molecule has 0 saturated carbocycles. The summed E-state index contributed by atoms with van der Waals surface area (Å²) >= 11 is 0. The highest BCUT2D eigenvalue weighted by atomic mass is 32.2. The lowest BCUT2D eigenvalue weighted by atomic mass is 10.0. The monoisotopic (exact) mass is 547 g/mol. The van der Waals surface area contributed by atoms with Crippen LogP contribution in [0.4, 0.5) is 4.39 Å². The number of carbonyl (C=O) groups is 1. The van der Waals surface area contributed by atoms with E-state index >= 15 is 0 Å². The largest absolute Gasteiger partial charge is 0.336 e. The van der Waals surface area contributed by atoms with Gasteiger partial charge in [-0.2, -0.15) is 5.10 Å². The van der Waals surface area contributed by atoms with Crippen LogP contribution in [0.5, 0.6) is 0 Å². The van der Waals surface area contributed by atoms with Gasteiger partial charge in [0.25, 0.3) is 5.91 Å². The van der Waals surface area contributed by atoms with Gasteiger partial charge in [-0.15, -0.1) is 0 Å². The highest BCUT2D eigenvalue weighted by Crippen LogP contribution is 2.33. The average Bonchev–Trinajstić information content (AvgIpc) is 3.47. The van der Waals surface area contributed by atoms with Gasteiger partial charge >= 0.3 is 0 Å². The van der Waals surface area contributed by atoms with Crippen molar-refractivity contribution in [1.82, 2.24) is 24.6 Å². The van der Waals surface area contributed by atoms with Gasteiger partial charge in [0.05, 0.1) is 39.9 Å². The summed E-state index contributed by atoms with van der Waals surface area (Å²) in [4.78, 5) is 22.9. The Balaban J connectivity index is 1.36. The summed E-state index contributed by atoms with van der Waals surface area (Å²) < 4.78 is 41.0. The number of hydrogen-bond acceptors (Lipinski definition) is 6. The van der Waals surface area contributed by atoms with Gasteiger partial charge in [-0.25, -0.2) is 22.5 Å². The van der Waals surface area contributed by atoms with E-state index in [0.29, 0.717) is 47.5 Å². The number of aryl methyl sites for hydroxylation is 1. The minimum Gasteiger partial charge on any atom is -0.336 e. The molecule has 1 atom stereocenters. The molecule has 2 saturated heterocycles. The van der Waals surface area contributed by atoms with Crippen LogP contribution in [-0.4, -0.2) is 76.6 Å². The molecule has 2 aliphatic heterocycles. The van der Waals surface area contributed by atoms with Gasteiger partial charge in [0.2, 0.25) is 0 Å². The number of benzene rings is 2. The number of halogens is 1. The SMILES string of the molecule is Cc1nn(C2CCS(=O)(=O)C2)c2nc(-c3ccccc3F)cc(C(=O)N3CCN(Cc4ccccc4)CC3)c12. The molecule has 2 fully saturated rings. The highest BCUT2D eigenvalue weighted by molar-refractivity contribution is 7.91. The van der Waals surface area contributed by atoms with Crippen LogP contribution in [0.15, 0.2) is 60.7 Å². The quantitative estimate of drug-likeness (QED) is 0.377. The Bertz CT molecular complexity index is 1650. The fraction of sp³-hybridized carbons (Fsp3) is 0.345. The standard InChI is InChI=1S/C29H30FN5O3S/c1-20-27-24(29(36)34-14-12-33(13-15-34)18-21-7-3-2-4-8-21)17-26(23-9-5-6-10-25(23)30)31-28(27)35(32-20)22-11-16-39(37,38)19-22/h2-10,17,22H,11-16,18-19H2,1H3. The Kier molecular flexibility index (Phi) is 6.68. The minimum atomic E-state index is -3.17. The molecule has 202 valence electrons. The van der Waals surface area contributed by atoms with E-state index in [-0.39, 0.29) is 29.0 Å². The Morgan fingerprint density at radius 1 is 1.03 bits per heavy atom. The summed E-state index contributed by atoms with van der Waals surface area (Å²) in [7, 11) is -3.17. The van der Waals surface area contributed by atoms with Gasteiger partial charge in [0.1, 0.15) is 5.82 Å². The number of aromatic nitrogens is 3. The van der Waals surface area contributed by atoms with E-state index in [9.17, 15) is 17.6 Å². The van der Waals surface area contributed by atoms with Gasteiger partial charge in [0.15, 0.2) is 15.5 Å². The van der Waals surface area contributed by atoms with Crippen LogP contribution in [0.1, 0.15) is 34.1 Å². The first-order valence-electron chi connectivity index (χ1n) is 13.2. The van der Waals surface area contributed by atoms with Crippen LogP contribution in [0, 0.1) is 12.7 Å². The Morgan fingerprint density at radius 3 is 2.44 bits per heavy atom. The van der Waals surface area contributed by atoms with E-state index in [1.54, 1.807) is 35.9 Å². The third-order valence-corrected chi connectivity index (χ3v) is 9.43. The highest BCUT2D eigenvalue weighted by Gasteiger charge is 2.33. The number of sulfone groups is 1. The summed E-state index contributed by atoms with van der Waals surface area (Å²) in [5.41, 5.74) is 3.28. The second-order valence-electron chi connectivity index (χ2n) is 10.4. The van der Waals surface area contributed by atoms with Crippen molar-refractivity contribution >= 4 is 26.8 Å². The van der Waals surface area contributed by atoms with Crippen molar-refractivity contribution in [3.05, 3.63) is 83.3 Å². The molecule has 0 aliphatic carbocycles. The summed E-state index contributed by atoms with van der Waals surface area (Å²) in [5, 5.41) is 5.25. The average molecular weight is 548 g/mol. The Hall–Kier alpha value is -3.63. The number of rotatable bonds is 5. The number of piperazine rings is 1. The molecule has 0 spiro atoms. The van der Waals surface area contributed by atoms with E-state index in [1.165, 1.54) is 11.6 Å². The van der Waals surface area contributed by atoms with Crippen molar-refractivity contribution in [3.8, 4) is 11.3 Å². The van der Waals surface area contributed by atoms with Gasteiger partial charge in [-0.3, -0.25) is 9.69 Å². The molecule has 39 heavy (non-hydrogen) atoms. The fourth-order valence-corrected chi connectivity index (χ4v) is 7.32. The van der Waals surface area contributed by atoms with Crippen molar-refractivity contribution < 1.29 is 17.6 Å². The van der Waals surface area contributed by atoms with Crippen molar-refractivity contribution in [2.75, 3.05) is 37.7 Å². The van der Waals surface area contributed by atoms with Crippen molar-refractivity contribution in [2.24, 2.45) is 0 Å². The number of hydrogen-bond donors (Lipinski definition) is 0. The van der Waals surface area contributed by atoms with Gasteiger partial charge < -0.3 is 4.90 Å². The van der Waals surface area contributed by atoms with Crippen molar-refractivity contribution in [2.45, 2.75) is 25.9 Å². The molecule has 2 aliphatic rings. The second kappa shape index (κ2) is 10.2. The molecule has 2 aromatic carbocycles. The minimum absolute atomic E-state index is 0.0263. The summed E-state index contributed by atoms with van der Waals surface area (Å²) in [6, 6.07) is 17.9. The van der Waals surface area contributed by atoms with Gasteiger partial charge in [-0.1, -0.05) is 42.5 Å². The molecule has 1 unspecified atom stereocenters. The molecule has 4 heterocycles. The smallest absolute Gasteiger partial charge is 0.254 e. The normalized spacial score (nSPS) is 19.5. The number of carbonyl (C=O) groups excluding carboxylic acids is 1. The van der Waals surface area contributed by atoms with E-state index in [0.717, 1.165) is 19.6 Å². The third kappa shape index (κ3) is 5.06. The van der Waals surface area contributed by atoms with Crippen LogP contribution >= 0.6 is 0 Å². The predicted molar refractivity (Wildman–Crippen MR) is 148 cm³/mol. The van der Waals surface area contributed by atoms with E-state index < -0.39 is 15.7 Å². The third-order valence-electron chi connectivity index (χ3n) is 7.68. The molecule has 4 aromatic rings. The molecule has 0 N–H and O–H groups in total. The summed E-state index contributed by atoms with van der Waals surface area (Å²) in [6.07, 6.45) is 0.427. The first-order valence-corrected chi connectivity index (χ1v) is 15.0. The molecule has 8 nitrogen and oxygen atoms in total. The van der Waals surface area contributed by atoms with E-state index in [2.05, 4.69) is 22.1 Å². The molecule has 0 radical (unpaired) electrons. The van der Waals surface area contributed by atoms with E-state index in [1.807, 2.05) is 23.1 Å². The Labute approximate surface area is 227 Å². The molecular weight excluding hydrogens is 517 g/mol. The molecule has 0 bridgehead atoms. The maximum atomic E-state index is 14.9. The zero-order valence-electron chi connectivity index (χ0n) is 21.8. The summed E-state index contributed by atoms with van der Waals surface area (Å²) in [5.74, 6) is -0.532. The lowest BCUT2D eigenvalue weighted by molar-refractivity contribution is 0.0630. The molecule has 10 heteroatoms.